The summed E-state index contributed by atoms with van der Waals surface area (Å²) in [6, 6.07) is 1.22. The molecule has 1 aromatic rings. The molecule has 5 nitrogen and oxygen atoms in total. The van der Waals surface area contributed by atoms with Gasteiger partial charge in [0.25, 0.3) is 0 Å². The van der Waals surface area contributed by atoms with Gasteiger partial charge < -0.3 is 10.2 Å². The second kappa shape index (κ2) is 4.15. The molecule has 3 rings (SSSR count). The molecule has 0 aliphatic carbocycles. The Kier molecular flexibility index (Phi) is 2.76. The summed E-state index contributed by atoms with van der Waals surface area (Å²) >= 11 is 0. The van der Waals surface area contributed by atoms with Gasteiger partial charge in [-0.3, -0.25) is 9.88 Å². The summed E-state index contributed by atoms with van der Waals surface area (Å²) in [4.78, 5) is 16.7. The fourth-order valence-corrected chi connectivity index (χ4v) is 3.91. The number of pyridine rings is 1. The van der Waals surface area contributed by atoms with E-state index in [2.05, 4.69) is 4.98 Å². The number of fused-ring (bicyclic) bond motifs is 2. The van der Waals surface area contributed by atoms with Gasteiger partial charge in [-0.05, 0) is 38.7 Å². The summed E-state index contributed by atoms with van der Waals surface area (Å²) in [5.74, 6) is -0.529. The third-order valence-electron chi connectivity index (χ3n) is 4.92. The minimum Gasteiger partial charge on any atom is -0.465 e. The van der Waals surface area contributed by atoms with Crippen LogP contribution in [-0.2, 0) is 0 Å². The minimum atomic E-state index is -1.05. The van der Waals surface area contributed by atoms with Crippen molar-refractivity contribution in [1.29, 1.82) is 0 Å². The molecule has 0 saturated carbocycles. The summed E-state index contributed by atoms with van der Waals surface area (Å²) in [5, 5.41) is 20.1. The summed E-state index contributed by atoms with van der Waals surface area (Å²) in [6.45, 7) is 1.91. The van der Waals surface area contributed by atoms with Crippen LogP contribution in [0.1, 0.15) is 44.3 Å². The average Bonchev–Trinajstić information content (AvgIpc) is 2.87. The highest BCUT2D eigenvalue weighted by atomic mass is 19.1. The lowest BCUT2D eigenvalue weighted by molar-refractivity contribution is -0.00200. The van der Waals surface area contributed by atoms with E-state index in [1.807, 2.05) is 6.92 Å². The van der Waals surface area contributed by atoms with Crippen molar-refractivity contribution >= 4 is 6.09 Å². The van der Waals surface area contributed by atoms with E-state index in [0.717, 1.165) is 19.0 Å². The predicted octanol–water partition coefficient (Wildman–Crippen LogP) is 2.32. The van der Waals surface area contributed by atoms with Crippen molar-refractivity contribution in [3.8, 4) is 0 Å². The maximum atomic E-state index is 13.3. The van der Waals surface area contributed by atoms with Crippen molar-refractivity contribution < 1.29 is 19.4 Å². The Labute approximate surface area is 116 Å². The smallest absolute Gasteiger partial charge is 0.408 e. The first-order chi connectivity index (χ1) is 9.39. The fourth-order valence-electron chi connectivity index (χ4n) is 3.91. The van der Waals surface area contributed by atoms with E-state index < -0.39 is 29.1 Å². The molecule has 1 amide bonds. The van der Waals surface area contributed by atoms with Crippen LogP contribution >= 0.6 is 0 Å². The van der Waals surface area contributed by atoms with Crippen molar-refractivity contribution in [3.63, 3.8) is 0 Å². The molecule has 2 N–H and O–H groups in total. The van der Waals surface area contributed by atoms with Gasteiger partial charge in [0.1, 0.15) is 11.9 Å². The lowest BCUT2D eigenvalue weighted by atomic mass is 9.78. The highest BCUT2D eigenvalue weighted by molar-refractivity contribution is 5.69. The Morgan fingerprint density at radius 2 is 2.05 bits per heavy atom. The zero-order valence-corrected chi connectivity index (χ0v) is 11.2. The van der Waals surface area contributed by atoms with E-state index in [1.165, 1.54) is 17.2 Å². The van der Waals surface area contributed by atoms with Gasteiger partial charge in [0.15, 0.2) is 0 Å². The van der Waals surface area contributed by atoms with Gasteiger partial charge in [0.2, 0.25) is 0 Å². The molecule has 2 aliphatic heterocycles. The Morgan fingerprint density at radius 3 is 2.60 bits per heavy atom. The summed E-state index contributed by atoms with van der Waals surface area (Å²) in [6.07, 6.45) is 3.02. The third-order valence-corrected chi connectivity index (χ3v) is 4.92. The average molecular weight is 280 g/mol. The molecule has 20 heavy (non-hydrogen) atoms. The Bertz CT molecular complexity index is 555. The van der Waals surface area contributed by atoms with Gasteiger partial charge in [0, 0.05) is 17.3 Å². The summed E-state index contributed by atoms with van der Waals surface area (Å²) < 4.78 is 13.3. The van der Waals surface area contributed by atoms with Crippen molar-refractivity contribution in [2.45, 2.75) is 49.8 Å². The van der Waals surface area contributed by atoms with Crippen molar-refractivity contribution in [3.05, 3.63) is 29.8 Å². The lowest BCUT2D eigenvalue weighted by Crippen LogP contribution is -2.51. The zero-order chi connectivity index (χ0) is 14.5. The van der Waals surface area contributed by atoms with Crippen molar-refractivity contribution in [2.75, 3.05) is 0 Å². The summed E-state index contributed by atoms with van der Waals surface area (Å²) in [5.41, 5.74) is -0.939. The van der Waals surface area contributed by atoms with Crippen LogP contribution in [0.3, 0.4) is 0 Å². The molecule has 2 bridgehead atoms. The molecule has 3 heterocycles. The van der Waals surface area contributed by atoms with Crippen LogP contribution in [0, 0.1) is 5.82 Å². The normalized spacial score (nSPS) is 33.5. The maximum Gasteiger partial charge on any atom is 0.408 e. The number of aliphatic hydroxyl groups is 1. The molecular formula is C14H17FN2O3. The number of rotatable bonds is 2. The fraction of sp³-hybridized carbons (Fsp3) is 0.571. The van der Waals surface area contributed by atoms with E-state index in [1.54, 1.807) is 0 Å². The minimum absolute atomic E-state index is 0.336. The molecule has 0 spiro atoms. The van der Waals surface area contributed by atoms with Gasteiger partial charge in [-0.1, -0.05) is 0 Å². The van der Waals surface area contributed by atoms with Crippen molar-refractivity contribution in [2.24, 2.45) is 0 Å². The van der Waals surface area contributed by atoms with E-state index in [0.29, 0.717) is 18.4 Å². The van der Waals surface area contributed by atoms with E-state index in [-0.39, 0.29) is 0 Å². The SMILES string of the molecule is CC12CCC(C(O)c3cncc(F)c3)(CC1)N2C(=O)O. The number of aliphatic hydroxyl groups excluding tert-OH is 1. The van der Waals surface area contributed by atoms with Crippen LogP contribution in [0.15, 0.2) is 18.5 Å². The molecule has 6 heteroatoms. The first kappa shape index (κ1) is 13.3. The molecular weight excluding hydrogens is 263 g/mol. The quantitative estimate of drug-likeness (QED) is 0.872. The number of hydrogen-bond donors (Lipinski definition) is 2. The Balaban J connectivity index is 2.02. The molecule has 2 fully saturated rings. The summed E-state index contributed by atoms with van der Waals surface area (Å²) in [7, 11) is 0. The van der Waals surface area contributed by atoms with Crippen LogP contribution in [0.25, 0.3) is 0 Å². The molecule has 2 saturated heterocycles. The van der Waals surface area contributed by atoms with Gasteiger partial charge in [-0.25, -0.2) is 9.18 Å². The molecule has 0 radical (unpaired) electrons. The molecule has 108 valence electrons. The highest BCUT2D eigenvalue weighted by Gasteiger charge is 2.63. The molecule has 0 aromatic carbocycles. The number of amides is 1. The van der Waals surface area contributed by atoms with Crippen LogP contribution in [0.4, 0.5) is 9.18 Å². The van der Waals surface area contributed by atoms with Gasteiger partial charge >= 0.3 is 6.09 Å². The molecule has 2 aliphatic rings. The van der Waals surface area contributed by atoms with E-state index in [9.17, 15) is 19.4 Å². The van der Waals surface area contributed by atoms with Crippen LogP contribution in [0.2, 0.25) is 0 Å². The lowest BCUT2D eigenvalue weighted by Gasteiger charge is -2.39. The predicted molar refractivity (Wildman–Crippen MR) is 68.6 cm³/mol. The molecule has 1 atom stereocenters. The number of aromatic nitrogens is 1. The zero-order valence-electron chi connectivity index (χ0n) is 11.2. The number of nitrogens with zero attached hydrogens (tertiary/aromatic N) is 2. The van der Waals surface area contributed by atoms with E-state index in [4.69, 9.17) is 0 Å². The highest BCUT2D eigenvalue weighted by Crippen LogP contribution is 2.57. The number of halogens is 1. The number of hydrogen-bond acceptors (Lipinski definition) is 3. The van der Waals surface area contributed by atoms with Gasteiger partial charge in [0.05, 0.1) is 11.7 Å². The largest absolute Gasteiger partial charge is 0.465 e. The Hall–Kier alpha value is -1.69. The molecule has 1 aromatic heterocycles. The third kappa shape index (κ3) is 1.64. The second-order valence-electron chi connectivity index (χ2n) is 6.06. The monoisotopic (exact) mass is 280 g/mol. The first-order valence-electron chi connectivity index (χ1n) is 6.71. The number of carbonyl (C=O) groups is 1. The van der Waals surface area contributed by atoms with Crippen LogP contribution in [-0.4, -0.2) is 37.3 Å². The maximum absolute atomic E-state index is 13.3. The van der Waals surface area contributed by atoms with Gasteiger partial charge in [-0.15, -0.1) is 0 Å². The van der Waals surface area contributed by atoms with Crippen molar-refractivity contribution in [1.82, 2.24) is 9.88 Å². The first-order valence-corrected chi connectivity index (χ1v) is 6.71. The topological polar surface area (TPSA) is 73.7 Å². The van der Waals surface area contributed by atoms with E-state index >= 15 is 0 Å². The molecule has 1 unspecified atom stereocenters. The van der Waals surface area contributed by atoms with Crippen LogP contribution in [0.5, 0.6) is 0 Å². The number of carboxylic acid groups (broad SMARTS) is 1. The Morgan fingerprint density at radius 1 is 1.40 bits per heavy atom. The second-order valence-corrected chi connectivity index (χ2v) is 6.06. The standard InChI is InChI=1S/C14H17FN2O3/c1-13-2-4-14(5-3-13,17(13)12(19)20)11(18)9-6-10(15)8-16-7-9/h6-8,11,18H,2-5H2,1H3,(H,19,20). The van der Waals surface area contributed by atoms with Gasteiger partial charge in [-0.2, -0.15) is 0 Å². The van der Waals surface area contributed by atoms with Crippen LogP contribution < -0.4 is 0 Å².